The van der Waals surface area contributed by atoms with Gasteiger partial charge in [-0.05, 0) is 31.5 Å². The predicted molar refractivity (Wildman–Crippen MR) is 53.8 cm³/mol. The van der Waals surface area contributed by atoms with Gasteiger partial charge in [0, 0.05) is 11.6 Å². The highest BCUT2D eigenvalue weighted by Gasteiger charge is 2.04. The molecule has 1 nitrogen and oxygen atoms in total. The van der Waals surface area contributed by atoms with Gasteiger partial charge in [-0.2, -0.15) is 0 Å². The molecule has 0 fully saturated rings. The Hall–Kier alpha value is -1.22. The molecule has 0 spiro atoms. The quantitative estimate of drug-likeness (QED) is 0.774. The van der Waals surface area contributed by atoms with Crippen molar-refractivity contribution >= 4 is 6.08 Å². The standard InChI is InChI=1S/C11H13F2N/c1-7-5-11(13)9(6-10(7)12)4-3-8(2)14/h3-6,8H,14H2,1-2H3/b4-3+. The predicted octanol–water partition coefficient (Wildman–Crippen LogP) is 2.63. The van der Waals surface area contributed by atoms with E-state index < -0.39 is 11.6 Å². The van der Waals surface area contributed by atoms with E-state index in [9.17, 15) is 8.78 Å². The third kappa shape index (κ3) is 2.64. The Balaban J connectivity index is 3.04. The molecule has 1 unspecified atom stereocenters. The monoisotopic (exact) mass is 197 g/mol. The molecule has 1 aromatic carbocycles. The van der Waals surface area contributed by atoms with Crippen LogP contribution in [0, 0.1) is 18.6 Å². The zero-order valence-electron chi connectivity index (χ0n) is 8.22. The normalized spacial score (nSPS) is 13.5. The molecule has 1 rings (SSSR count). The van der Waals surface area contributed by atoms with Crippen molar-refractivity contribution in [3.63, 3.8) is 0 Å². The number of hydrogen-bond donors (Lipinski definition) is 1. The van der Waals surface area contributed by atoms with Gasteiger partial charge in [0.15, 0.2) is 0 Å². The summed E-state index contributed by atoms with van der Waals surface area (Å²) in [6, 6.07) is 2.18. The van der Waals surface area contributed by atoms with E-state index in [-0.39, 0.29) is 11.6 Å². The smallest absolute Gasteiger partial charge is 0.130 e. The van der Waals surface area contributed by atoms with Crippen LogP contribution in [0.5, 0.6) is 0 Å². The lowest BCUT2D eigenvalue weighted by Crippen LogP contribution is -2.10. The first-order valence-corrected chi connectivity index (χ1v) is 4.40. The van der Waals surface area contributed by atoms with Crippen LogP contribution in [0.3, 0.4) is 0 Å². The summed E-state index contributed by atoms with van der Waals surface area (Å²) in [5, 5.41) is 0. The number of nitrogens with two attached hydrogens (primary N) is 1. The molecule has 0 aliphatic carbocycles. The van der Waals surface area contributed by atoms with E-state index in [1.54, 1.807) is 13.0 Å². The molecule has 3 heteroatoms. The second-order valence-electron chi connectivity index (χ2n) is 3.34. The van der Waals surface area contributed by atoms with E-state index in [4.69, 9.17) is 5.73 Å². The fraction of sp³-hybridized carbons (Fsp3) is 0.273. The van der Waals surface area contributed by atoms with E-state index in [0.717, 1.165) is 0 Å². The molecule has 1 atom stereocenters. The van der Waals surface area contributed by atoms with Gasteiger partial charge in [0.2, 0.25) is 0 Å². The second kappa shape index (κ2) is 4.33. The van der Waals surface area contributed by atoms with Gasteiger partial charge in [-0.25, -0.2) is 8.78 Å². The lowest BCUT2D eigenvalue weighted by atomic mass is 10.1. The summed E-state index contributed by atoms with van der Waals surface area (Å²) >= 11 is 0. The molecule has 76 valence electrons. The largest absolute Gasteiger partial charge is 0.325 e. The van der Waals surface area contributed by atoms with Gasteiger partial charge in [0.1, 0.15) is 11.6 Å². The second-order valence-corrected chi connectivity index (χ2v) is 3.34. The number of rotatable bonds is 2. The highest BCUT2D eigenvalue weighted by Crippen LogP contribution is 2.15. The van der Waals surface area contributed by atoms with Crippen LogP contribution in [0.4, 0.5) is 8.78 Å². The van der Waals surface area contributed by atoms with Gasteiger partial charge in [-0.3, -0.25) is 0 Å². The zero-order valence-corrected chi connectivity index (χ0v) is 8.22. The summed E-state index contributed by atoms with van der Waals surface area (Å²) < 4.78 is 26.3. The van der Waals surface area contributed by atoms with Crippen molar-refractivity contribution in [3.8, 4) is 0 Å². The highest BCUT2D eigenvalue weighted by molar-refractivity contribution is 5.51. The molecule has 0 aromatic heterocycles. The van der Waals surface area contributed by atoms with E-state index in [0.29, 0.717) is 5.56 Å². The van der Waals surface area contributed by atoms with E-state index in [2.05, 4.69) is 0 Å². The summed E-state index contributed by atoms with van der Waals surface area (Å²) in [5.41, 5.74) is 5.99. The summed E-state index contributed by atoms with van der Waals surface area (Å²) in [6.45, 7) is 3.29. The molecule has 0 heterocycles. The molecule has 0 radical (unpaired) electrons. The Morgan fingerprint density at radius 3 is 2.50 bits per heavy atom. The lowest BCUT2D eigenvalue weighted by molar-refractivity contribution is 0.590. The van der Waals surface area contributed by atoms with Gasteiger partial charge in [0.25, 0.3) is 0 Å². The Kier molecular flexibility index (Phi) is 3.36. The minimum Gasteiger partial charge on any atom is -0.325 e. The number of hydrogen-bond acceptors (Lipinski definition) is 1. The molecule has 14 heavy (non-hydrogen) atoms. The molecule has 0 bridgehead atoms. The Bertz CT molecular complexity index is 357. The molecule has 0 aliphatic heterocycles. The van der Waals surface area contributed by atoms with E-state index >= 15 is 0 Å². The van der Waals surface area contributed by atoms with E-state index in [1.807, 2.05) is 0 Å². The minimum absolute atomic E-state index is 0.168. The van der Waals surface area contributed by atoms with Crippen LogP contribution in [0.1, 0.15) is 18.1 Å². The first kappa shape index (κ1) is 10.9. The maximum Gasteiger partial charge on any atom is 0.130 e. The fourth-order valence-electron chi connectivity index (χ4n) is 1.04. The molecule has 1 aromatic rings. The van der Waals surface area contributed by atoms with Crippen molar-refractivity contribution in [2.24, 2.45) is 5.73 Å². The van der Waals surface area contributed by atoms with Gasteiger partial charge in [-0.15, -0.1) is 0 Å². The van der Waals surface area contributed by atoms with Crippen molar-refractivity contribution in [3.05, 3.63) is 41.0 Å². The summed E-state index contributed by atoms with van der Waals surface area (Å²) in [4.78, 5) is 0. The number of benzene rings is 1. The van der Waals surface area contributed by atoms with Gasteiger partial charge in [0.05, 0.1) is 0 Å². The van der Waals surface area contributed by atoms with Gasteiger partial charge in [-0.1, -0.05) is 12.2 Å². The highest BCUT2D eigenvalue weighted by atomic mass is 19.1. The SMILES string of the molecule is Cc1cc(F)c(/C=C/C(C)N)cc1F. The first-order valence-electron chi connectivity index (χ1n) is 4.40. The van der Waals surface area contributed by atoms with Crippen molar-refractivity contribution in [1.82, 2.24) is 0 Å². The Labute approximate surface area is 82.2 Å². The molecule has 0 amide bonds. The van der Waals surface area contributed by atoms with Crippen LogP contribution in [-0.4, -0.2) is 6.04 Å². The first-order chi connectivity index (χ1) is 6.50. The van der Waals surface area contributed by atoms with Crippen LogP contribution in [-0.2, 0) is 0 Å². The fourth-order valence-corrected chi connectivity index (χ4v) is 1.04. The maximum absolute atomic E-state index is 13.2. The summed E-state index contributed by atoms with van der Waals surface area (Å²) in [6.07, 6.45) is 3.11. The summed E-state index contributed by atoms with van der Waals surface area (Å²) in [5.74, 6) is -0.837. The third-order valence-electron chi connectivity index (χ3n) is 1.86. The number of aryl methyl sites for hydroxylation is 1. The zero-order chi connectivity index (χ0) is 10.7. The van der Waals surface area contributed by atoms with Crippen LogP contribution in [0.25, 0.3) is 6.08 Å². The topological polar surface area (TPSA) is 26.0 Å². The molecule has 0 saturated heterocycles. The molecule has 0 aliphatic rings. The van der Waals surface area contributed by atoms with Crippen LogP contribution < -0.4 is 5.73 Å². The summed E-state index contributed by atoms with van der Waals surface area (Å²) in [7, 11) is 0. The van der Waals surface area contributed by atoms with Crippen LogP contribution in [0.15, 0.2) is 18.2 Å². The lowest BCUT2D eigenvalue weighted by Gasteiger charge is -2.01. The molecule has 0 saturated carbocycles. The van der Waals surface area contributed by atoms with E-state index in [1.165, 1.54) is 25.1 Å². The Morgan fingerprint density at radius 1 is 1.29 bits per heavy atom. The van der Waals surface area contributed by atoms with Gasteiger partial charge < -0.3 is 5.73 Å². The van der Waals surface area contributed by atoms with Crippen molar-refractivity contribution < 1.29 is 8.78 Å². The average Bonchev–Trinajstić information content (AvgIpc) is 2.09. The number of halogens is 2. The third-order valence-corrected chi connectivity index (χ3v) is 1.86. The Morgan fingerprint density at radius 2 is 1.93 bits per heavy atom. The van der Waals surface area contributed by atoms with Crippen molar-refractivity contribution in [1.29, 1.82) is 0 Å². The van der Waals surface area contributed by atoms with Crippen LogP contribution in [0.2, 0.25) is 0 Å². The van der Waals surface area contributed by atoms with Crippen molar-refractivity contribution in [2.75, 3.05) is 0 Å². The van der Waals surface area contributed by atoms with Crippen LogP contribution >= 0.6 is 0 Å². The van der Waals surface area contributed by atoms with Gasteiger partial charge >= 0.3 is 0 Å². The minimum atomic E-state index is -0.430. The molecule has 2 N–H and O–H groups in total. The molecular formula is C11H13F2N. The van der Waals surface area contributed by atoms with Crippen molar-refractivity contribution in [2.45, 2.75) is 19.9 Å². The molecular weight excluding hydrogens is 184 g/mol. The average molecular weight is 197 g/mol. The maximum atomic E-state index is 13.2.